The highest BCUT2D eigenvalue weighted by molar-refractivity contribution is 5.39. The van der Waals surface area contributed by atoms with Gasteiger partial charge >= 0.3 is 0 Å². The summed E-state index contributed by atoms with van der Waals surface area (Å²) in [6.07, 6.45) is 3.66. The van der Waals surface area contributed by atoms with Crippen molar-refractivity contribution >= 4 is 5.65 Å². The van der Waals surface area contributed by atoms with Crippen molar-refractivity contribution in [3.05, 3.63) is 47.7 Å². The summed E-state index contributed by atoms with van der Waals surface area (Å²) >= 11 is 0. The van der Waals surface area contributed by atoms with E-state index in [1.807, 2.05) is 28.8 Å². The fraction of sp³-hybridized carbons (Fsp3) is 0.111. The Morgan fingerprint density at radius 2 is 2.42 bits per heavy atom. The SMILES string of the molecule is [C-]#[N+]Cc1cnc2ccccn12. The van der Waals surface area contributed by atoms with Crippen molar-refractivity contribution < 1.29 is 0 Å². The number of hydrogen-bond donors (Lipinski definition) is 0. The van der Waals surface area contributed by atoms with Crippen LogP contribution in [0.25, 0.3) is 10.5 Å². The van der Waals surface area contributed by atoms with E-state index < -0.39 is 0 Å². The quantitative estimate of drug-likeness (QED) is 0.578. The van der Waals surface area contributed by atoms with Crippen LogP contribution in [0.4, 0.5) is 0 Å². The van der Waals surface area contributed by atoms with Gasteiger partial charge in [0.2, 0.25) is 0 Å². The lowest BCUT2D eigenvalue weighted by molar-refractivity contribution is 1.05. The van der Waals surface area contributed by atoms with Crippen LogP contribution >= 0.6 is 0 Å². The molecule has 58 valence electrons. The van der Waals surface area contributed by atoms with Gasteiger partial charge in [0.25, 0.3) is 6.54 Å². The van der Waals surface area contributed by atoms with Gasteiger partial charge in [0, 0.05) is 6.20 Å². The summed E-state index contributed by atoms with van der Waals surface area (Å²) in [6.45, 7) is 7.13. The first-order valence-corrected chi connectivity index (χ1v) is 3.66. The molecule has 0 saturated carbocycles. The number of hydrogen-bond acceptors (Lipinski definition) is 1. The van der Waals surface area contributed by atoms with E-state index in [1.165, 1.54) is 0 Å². The summed E-state index contributed by atoms with van der Waals surface area (Å²) in [4.78, 5) is 7.47. The third kappa shape index (κ3) is 0.940. The monoisotopic (exact) mass is 157 g/mol. The van der Waals surface area contributed by atoms with Crippen LogP contribution in [-0.2, 0) is 6.54 Å². The molecule has 0 N–H and O–H groups in total. The Labute approximate surface area is 70.1 Å². The van der Waals surface area contributed by atoms with Crippen LogP contribution in [0.15, 0.2) is 30.6 Å². The molecule has 0 bridgehead atoms. The Hall–Kier alpha value is -1.82. The second-order valence-electron chi connectivity index (χ2n) is 2.49. The second kappa shape index (κ2) is 2.67. The van der Waals surface area contributed by atoms with Crippen LogP contribution in [0.1, 0.15) is 5.69 Å². The molecule has 0 aliphatic carbocycles. The molecular formula is C9H7N3. The van der Waals surface area contributed by atoms with Crippen LogP contribution < -0.4 is 0 Å². The fourth-order valence-corrected chi connectivity index (χ4v) is 1.18. The maximum absolute atomic E-state index is 6.74. The van der Waals surface area contributed by atoms with E-state index in [2.05, 4.69) is 9.83 Å². The zero-order valence-corrected chi connectivity index (χ0v) is 6.44. The van der Waals surface area contributed by atoms with Gasteiger partial charge in [0.05, 0.1) is 6.20 Å². The lowest BCUT2D eigenvalue weighted by atomic mass is 10.4. The van der Waals surface area contributed by atoms with Gasteiger partial charge in [-0.05, 0) is 12.1 Å². The normalized spacial score (nSPS) is 9.92. The van der Waals surface area contributed by atoms with Gasteiger partial charge in [0.15, 0.2) is 0 Å². The van der Waals surface area contributed by atoms with Gasteiger partial charge < -0.3 is 4.85 Å². The molecule has 3 heteroatoms. The van der Waals surface area contributed by atoms with Crippen LogP contribution in [0, 0.1) is 6.57 Å². The minimum Gasteiger partial charge on any atom is -0.310 e. The van der Waals surface area contributed by atoms with E-state index in [4.69, 9.17) is 6.57 Å². The average molecular weight is 157 g/mol. The number of pyridine rings is 1. The first-order chi connectivity index (χ1) is 5.92. The van der Waals surface area contributed by atoms with Crippen molar-refractivity contribution in [1.29, 1.82) is 0 Å². The number of rotatable bonds is 1. The maximum atomic E-state index is 6.74. The molecule has 2 rings (SSSR count). The van der Waals surface area contributed by atoms with E-state index >= 15 is 0 Å². The Bertz CT molecular complexity index is 436. The van der Waals surface area contributed by atoms with Crippen molar-refractivity contribution in [3.63, 3.8) is 0 Å². The summed E-state index contributed by atoms with van der Waals surface area (Å²) in [7, 11) is 0. The third-order valence-electron chi connectivity index (χ3n) is 1.73. The van der Waals surface area contributed by atoms with Gasteiger partial charge in [-0.3, -0.25) is 4.40 Å². The van der Waals surface area contributed by atoms with E-state index in [-0.39, 0.29) is 0 Å². The van der Waals surface area contributed by atoms with Gasteiger partial charge in [-0.2, -0.15) is 0 Å². The highest BCUT2D eigenvalue weighted by atomic mass is 15.0. The Morgan fingerprint density at radius 1 is 1.50 bits per heavy atom. The molecule has 0 aromatic carbocycles. The van der Waals surface area contributed by atoms with Crippen molar-refractivity contribution in [2.75, 3.05) is 0 Å². The molecule has 2 aromatic rings. The number of aromatic nitrogens is 2. The highest BCUT2D eigenvalue weighted by Crippen LogP contribution is 2.06. The molecule has 0 atom stereocenters. The molecule has 2 heterocycles. The van der Waals surface area contributed by atoms with E-state index in [1.54, 1.807) is 6.20 Å². The molecule has 0 radical (unpaired) electrons. The van der Waals surface area contributed by atoms with Gasteiger partial charge in [0.1, 0.15) is 11.3 Å². The molecule has 0 aliphatic rings. The number of nitrogens with zero attached hydrogens (tertiary/aromatic N) is 3. The van der Waals surface area contributed by atoms with Crippen LogP contribution in [0.3, 0.4) is 0 Å². The molecule has 3 nitrogen and oxygen atoms in total. The predicted octanol–water partition coefficient (Wildman–Crippen LogP) is 1.75. The Balaban J connectivity index is 2.64. The zero-order valence-electron chi connectivity index (χ0n) is 6.44. The highest BCUT2D eigenvalue weighted by Gasteiger charge is 2.02. The van der Waals surface area contributed by atoms with Gasteiger partial charge in [-0.15, -0.1) is 0 Å². The molecule has 0 amide bonds. The molecule has 12 heavy (non-hydrogen) atoms. The Morgan fingerprint density at radius 3 is 3.25 bits per heavy atom. The Kier molecular flexibility index (Phi) is 1.52. The van der Waals surface area contributed by atoms with Gasteiger partial charge in [-0.25, -0.2) is 11.6 Å². The summed E-state index contributed by atoms with van der Waals surface area (Å²) in [5, 5.41) is 0. The average Bonchev–Trinajstić information content (AvgIpc) is 2.50. The van der Waals surface area contributed by atoms with Gasteiger partial charge in [-0.1, -0.05) is 6.07 Å². The third-order valence-corrected chi connectivity index (χ3v) is 1.73. The molecule has 0 saturated heterocycles. The molecule has 2 aromatic heterocycles. The topological polar surface area (TPSA) is 21.7 Å². The number of fused-ring (bicyclic) bond motifs is 1. The fourth-order valence-electron chi connectivity index (χ4n) is 1.18. The summed E-state index contributed by atoms with van der Waals surface area (Å²) < 4.78 is 1.93. The molecule has 0 spiro atoms. The van der Waals surface area contributed by atoms with E-state index in [0.29, 0.717) is 6.54 Å². The van der Waals surface area contributed by atoms with Crippen molar-refractivity contribution in [3.8, 4) is 0 Å². The lowest BCUT2D eigenvalue weighted by Gasteiger charge is -1.92. The standard InChI is InChI=1S/C9H7N3/c1-10-6-8-7-11-9-4-2-3-5-12(8)9/h2-5,7H,6H2. The largest absolute Gasteiger partial charge is 0.310 e. The smallest absolute Gasteiger partial charge is 0.256 e. The molecule has 0 unspecified atom stereocenters. The molecular weight excluding hydrogens is 150 g/mol. The summed E-state index contributed by atoms with van der Waals surface area (Å²) in [5.41, 5.74) is 1.84. The van der Waals surface area contributed by atoms with Crippen LogP contribution in [-0.4, -0.2) is 9.38 Å². The maximum Gasteiger partial charge on any atom is 0.256 e. The molecule has 0 fully saturated rings. The number of imidazole rings is 1. The minimum atomic E-state index is 0.394. The second-order valence-corrected chi connectivity index (χ2v) is 2.49. The lowest BCUT2D eigenvalue weighted by Crippen LogP contribution is -1.88. The first kappa shape index (κ1) is 6.86. The predicted molar refractivity (Wildman–Crippen MR) is 45.5 cm³/mol. The van der Waals surface area contributed by atoms with Crippen LogP contribution in [0.2, 0.25) is 0 Å². The first-order valence-electron chi connectivity index (χ1n) is 3.66. The minimum absolute atomic E-state index is 0.394. The van der Waals surface area contributed by atoms with Crippen LogP contribution in [0.5, 0.6) is 0 Å². The van der Waals surface area contributed by atoms with Crippen molar-refractivity contribution in [2.45, 2.75) is 6.54 Å². The van der Waals surface area contributed by atoms with Crippen molar-refractivity contribution in [1.82, 2.24) is 9.38 Å². The van der Waals surface area contributed by atoms with E-state index in [9.17, 15) is 0 Å². The van der Waals surface area contributed by atoms with Crippen molar-refractivity contribution in [2.24, 2.45) is 0 Å². The summed E-state index contributed by atoms with van der Waals surface area (Å²) in [6, 6.07) is 5.79. The zero-order chi connectivity index (χ0) is 8.39. The van der Waals surface area contributed by atoms with E-state index in [0.717, 1.165) is 11.3 Å². The summed E-state index contributed by atoms with van der Waals surface area (Å²) in [5.74, 6) is 0. The molecule has 0 aliphatic heterocycles.